The summed E-state index contributed by atoms with van der Waals surface area (Å²) in [7, 11) is 1.37. The minimum atomic E-state index is -1.14. The van der Waals surface area contributed by atoms with Crippen molar-refractivity contribution in [3.63, 3.8) is 0 Å². The highest BCUT2D eigenvalue weighted by atomic mass is 16.5. The Labute approximate surface area is 108 Å². The Kier molecular flexibility index (Phi) is 3.76. The molecule has 0 aliphatic heterocycles. The average molecular weight is 263 g/mol. The molecular formula is C12H13N3O4. The fraction of sp³-hybridized carbons (Fsp3) is 0.250. The third-order valence-electron chi connectivity index (χ3n) is 2.64. The van der Waals surface area contributed by atoms with Crippen LogP contribution >= 0.6 is 0 Å². The van der Waals surface area contributed by atoms with Gasteiger partial charge in [0, 0.05) is 18.1 Å². The van der Waals surface area contributed by atoms with Crippen LogP contribution in [0, 0.1) is 0 Å². The monoisotopic (exact) mass is 263 g/mol. The van der Waals surface area contributed by atoms with Crippen LogP contribution in [-0.4, -0.2) is 46.9 Å². The lowest BCUT2D eigenvalue weighted by Gasteiger charge is -2.13. The maximum absolute atomic E-state index is 11.9. The van der Waals surface area contributed by atoms with Crippen LogP contribution in [0.15, 0.2) is 24.4 Å². The van der Waals surface area contributed by atoms with Gasteiger partial charge in [0.15, 0.2) is 6.04 Å². The van der Waals surface area contributed by atoms with Crippen LogP contribution in [0.1, 0.15) is 10.4 Å². The van der Waals surface area contributed by atoms with E-state index in [0.717, 1.165) is 5.39 Å². The molecule has 3 N–H and O–H groups in total. The Bertz CT molecular complexity index is 608. The molecule has 1 heterocycles. The number of methoxy groups -OCH3 is 1. The number of benzene rings is 1. The van der Waals surface area contributed by atoms with Crippen molar-refractivity contribution < 1.29 is 19.4 Å². The molecule has 1 aromatic carbocycles. The summed E-state index contributed by atoms with van der Waals surface area (Å²) in [6.07, 6.45) is 1.64. The SMILES string of the molecule is COCC(NC(=O)c1ccc2cn[nH]c2c1)C(=O)O. The van der Waals surface area contributed by atoms with Gasteiger partial charge in [-0.1, -0.05) is 6.07 Å². The fourth-order valence-electron chi connectivity index (χ4n) is 1.66. The Balaban J connectivity index is 2.16. The predicted octanol–water partition coefficient (Wildman–Crippen LogP) is 0.392. The summed E-state index contributed by atoms with van der Waals surface area (Å²) in [6.45, 7) is -0.0899. The number of aromatic nitrogens is 2. The van der Waals surface area contributed by atoms with Crippen molar-refractivity contribution in [2.24, 2.45) is 0 Å². The quantitative estimate of drug-likeness (QED) is 0.724. The van der Waals surface area contributed by atoms with Crippen molar-refractivity contribution in [3.8, 4) is 0 Å². The maximum atomic E-state index is 11.9. The van der Waals surface area contributed by atoms with Crippen LogP contribution < -0.4 is 5.32 Å². The van der Waals surface area contributed by atoms with Crippen LogP contribution in [0.5, 0.6) is 0 Å². The van der Waals surface area contributed by atoms with E-state index in [4.69, 9.17) is 9.84 Å². The molecule has 0 aliphatic rings. The molecule has 7 heteroatoms. The topological polar surface area (TPSA) is 104 Å². The lowest BCUT2D eigenvalue weighted by atomic mass is 10.1. The van der Waals surface area contributed by atoms with E-state index in [2.05, 4.69) is 15.5 Å². The van der Waals surface area contributed by atoms with Crippen LogP contribution in [-0.2, 0) is 9.53 Å². The minimum absolute atomic E-state index is 0.0899. The Hall–Kier alpha value is -2.41. The molecule has 0 spiro atoms. The van der Waals surface area contributed by atoms with E-state index in [-0.39, 0.29) is 6.61 Å². The van der Waals surface area contributed by atoms with E-state index in [1.165, 1.54) is 7.11 Å². The van der Waals surface area contributed by atoms with Crippen LogP contribution in [0.2, 0.25) is 0 Å². The molecule has 19 heavy (non-hydrogen) atoms. The summed E-state index contributed by atoms with van der Waals surface area (Å²) in [5.74, 6) is -1.61. The molecular weight excluding hydrogens is 250 g/mol. The lowest BCUT2D eigenvalue weighted by Crippen LogP contribution is -2.43. The summed E-state index contributed by atoms with van der Waals surface area (Å²) in [5, 5.41) is 18.8. The van der Waals surface area contributed by atoms with Gasteiger partial charge in [0.05, 0.1) is 18.3 Å². The van der Waals surface area contributed by atoms with Crippen molar-refractivity contribution >= 4 is 22.8 Å². The number of hydrogen-bond donors (Lipinski definition) is 3. The first-order valence-corrected chi connectivity index (χ1v) is 5.57. The lowest BCUT2D eigenvalue weighted by molar-refractivity contribution is -0.140. The van der Waals surface area contributed by atoms with Gasteiger partial charge in [-0.3, -0.25) is 9.89 Å². The number of fused-ring (bicyclic) bond motifs is 1. The van der Waals surface area contributed by atoms with Crippen molar-refractivity contribution in [2.75, 3.05) is 13.7 Å². The first-order valence-electron chi connectivity index (χ1n) is 5.57. The standard InChI is InChI=1S/C12H13N3O4/c1-19-6-10(12(17)18)14-11(16)7-2-3-8-5-13-15-9(8)4-7/h2-5,10H,6H2,1H3,(H,13,15)(H,14,16)(H,17,18). The number of nitrogens with zero attached hydrogens (tertiary/aromatic N) is 1. The van der Waals surface area contributed by atoms with Gasteiger partial charge < -0.3 is 15.2 Å². The van der Waals surface area contributed by atoms with Crippen LogP contribution in [0.25, 0.3) is 10.9 Å². The second-order valence-electron chi connectivity index (χ2n) is 3.99. The highest BCUT2D eigenvalue weighted by molar-refractivity contribution is 5.99. The molecule has 0 radical (unpaired) electrons. The minimum Gasteiger partial charge on any atom is -0.480 e. The van der Waals surface area contributed by atoms with E-state index < -0.39 is 17.9 Å². The van der Waals surface area contributed by atoms with Crippen molar-refractivity contribution in [3.05, 3.63) is 30.0 Å². The third kappa shape index (κ3) is 2.89. The number of carboxylic acids is 1. The molecule has 7 nitrogen and oxygen atoms in total. The first kappa shape index (κ1) is 13.0. The summed E-state index contributed by atoms with van der Waals surface area (Å²) in [4.78, 5) is 22.9. The van der Waals surface area contributed by atoms with Gasteiger partial charge in [-0.05, 0) is 12.1 Å². The predicted molar refractivity (Wildman–Crippen MR) is 66.9 cm³/mol. The molecule has 1 atom stereocenters. The van der Waals surface area contributed by atoms with Gasteiger partial charge in [-0.25, -0.2) is 4.79 Å². The second kappa shape index (κ2) is 5.49. The second-order valence-corrected chi connectivity index (χ2v) is 3.99. The summed E-state index contributed by atoms with van der Waals surface area (Å²) >= 11 is 0. The van der Waals surface area contributed by atoms with Gasteiger partial charge in [0.2, 0.25) is 0 Å². The average Bonchev–Trinajstić information content (AvgIpc) is 2.85. The number of amides is 1. The molecule has 0 bridgehead atoms. The smallest absolute Gasteiger partial charge is 0.328 e. The van der Waals surface area contributed by atoms with Crippen LogP contribution in [0.3, 0.4) is 0 Å². The number of aliphatic carboxylic acids is 1. The van der Waals surface area contributed by atoms with E-state index in [1.807, 2.05) is 0 Å². The number of aromatic amines is 1. The summed E-state index contributed by atoms with van der Waals surface area (Å²) in [6, 6.07) is 3.89. The number of nitrogens with one attached hydrogen (secondary N) is 2. The molecule has 1 amide bonds. The Morgan fingerprint density at radius 1 is 1.53 bits per heavy atom. The zero-order valence-electron chi connectivity index (χ0n) is 10.2. The molecule has 0 aliphatic carbocycles. The highest BCUT2D eigenvalue weighted by Gasteiger charge is 2.20. The number of carbonyl (C=O) groups is 2. The van der Waals surface area contributed by atoms with E-state index in [1.54, 1.807) is 24.4 Å². The molecule has 0 saturated heterocycles. The molecule has 2 rings (SSSR count). The zero-order valence-corrected chi connectivity index (χ0v) is 10.2. The zero-order chi connectivity index (χ0) is 13.8. The molecule has 0 fully saturated rings. The third-order valence-corrected chi connectivity index (χ3v) is 2.64. The number of rotatable bonds is 5. The molecule has 100 valence electrons. The molecule has 0 saturated carbocycles. The Morgan fingerprint density at radius 2 is 2.32 bits per heavy atom. The first-order chi connectivity index (χ1) is 9.11. The van der Waals surface area contributed by atoms with E-state index in [0.29, 0.717) is 11.1 Å². The Morgan fingerprint density at radius 3 is 3.00 bits per heavy atom. The number of hydrogen-bond acceptors (Lipinski definition) is 4. The highest BCUT2D eigenvalue weighted by Crippen LogP contribution is 2.12. The van der Waals surface area contributed by atoms with E-state index in [9.17, 15) is 9.59 Å². The van der Waals surface area contributed by atoms with Gasteiger partial charge in [-0.15, -0.1) is 0 Å². The van der Waals surface area contributed by atoms with Gasteiger partial charge in [0.25, 0.3) is 5.91 Å². The van der Waals surface area contributed by atoms with E-state index >= 15 is 0 Å². The van der Waals surface area contributed by atoms with Crippen molar-refractivity contribution in [1.82, 2.24) is 15.5 Å². The van der Waals surface area contributed by atoms with Crippen molar-refractivity contribution in [1.29, 1.82) is 0 Å². The number of H-pyrrole nitrogens is 1. The van der Waals surface area contributed by atoms with Gasteiger partial charge in [-0.2, -0.15) is 5.10 Å². The normalized spacial score (nSPS) is 12.3. The van der Waals surface area contributed by atoms with Crippen molar-refractivity contribution in [2.45, 2.75) is 6.04 Å². The number of carboxylic acid groups (broad SMARTS) is 1. The fourth-order valence-corrected chi connectivity index (χ4v) is 1.66. The number of ether oxygens (including phenoxy) is 1. The van der Waals surface area contributed by atoms with Gasteiger partial charge in [0.1, 0.15) is 0 Å². The summed E-state index contributed by atoms with van der Waals surface area (Å²) < 4.78 is 4.75. The molecule has 2 aromatic rings. The maximum Gasteiger partial charge on any atom is 0.328 e. The van der Waals surface area contributed by atoms with Crippen LogP contribution in [0.4, 0.5) is 0 Å². The molecule has 1 aromatic heterocycles. The largest absolute Gasteiger partial charge is 0.480 e. The number of carbonyl (C=O) groups excluding carboxylic acids is 1. The summed E-state index contributed by atoms with van der Waals surface area (Å²) in [5.41, 5.74) is 1.07. The van der Waals surface area contributed by atoms with Gasteiger partial charge >= 0.3 is 5.97 Å². The molecule has 1 unspecified atom stereocenters.